The third kappa shape index (κ3) is 3.27. The molecule has 1 amide bonds. The lowest BCUT2D eigenvalue weighted by Gasteiger charge is -2.31. The van der Waals surface area contributed by atoms with Gasteiger partial charge in [0, 0.05) is 5.54 Å². The number of amides is 1. The fourth-order valence-corrected chi connectivity index (χ4v) is 2.19. The molecule has 118 valence electrons. The van der Waals surface area contributed by atoms with Crippen LogP contribution >= 0.6 is 0 Å². The fraction of sp³-hybridized carbons (Fsp3) is 0.375. The minimum atomic E-state index is -0.378. The maximum absolute atomic E-state index is 12.8. The Bertz CT molecular complexity index is 642. The third-order valence-corrected chi connectivity index (χ3v) is 3.42. The van der Waals surface area contributed by atoms with Crippen LogP contribution in [-0.4, -0.2) is 33.7 Å². The van der Waals surface area contributed by atoms with E-state index in [1.807, 2.05) is 20.8 Å². The molecule has 1 heterocycles. The molecule has 0 aliphatic carbocycles. The van der Waals surface area contributed by atoms with Crippen molar-refractivity contribution >= 4 is 17.3 Å². The molecule has 6 heteroatoms. The van der Waals surface area contributed by atoms with E-state index in [0.29, 0.717) is 11.4 Å². The molecule has 5 nitrogen and oxygen atoms in total. The average molecular weight is 305 g/mol. The first kappa shape index (κ1) is 16.0. The summed E-state index contributed by atoms with van der Waals surface area (Å²) in [6.07, 6.45) is 0. The molecule has 1 aliphatic rings. The van der Waals surface area contributed by atoms with Gasteiger partial charge in [0.1, 0.15) is 17.1 Å². The summed E-state index contributed by atoms with van der Waals surface area (Å²) in [5.41, 5.74) is 3.57. The normalized spacial score (nSPS) is 16.5. The number of nitrogens with zero attached hydrogens (tertiary/aromatic N) is 2. The van der Waals surface area contributed by atoms with E-state index in [1.54, 1.807) is 11.8 Å². The van der Waals surface area contributed by atoms with E-state index >= 15 is 0 Å². The molecule has 0 bridgehead atoms. The smallest absolute Gasteiger partial charge is 0.260 e. The van der Waals surface area contributed by atoms with Crippen LogP contribution in [0.15, 0.2) is 40.7 Å². The third-order valence-electron chi connectivity index (χ3n) is 3.42. The summed E-state index contributed by atoms with van der Waals surface area (Å²) >= 11 is 0. The van der Waals surface area contributed by atoms with Gasteiger partial charge < -0.3 is 10.0 Å². The van der Waals surface area contributed by atoms with Gasteiger partial charge in [0.25, 0.3) is 5.91 Å². The first-order chi connectivity index (χ1) is 10.2. The van der Waals surface area contributed by atoms with Gasteiger partial charge in [-0.2, -0.15) is 5.10 Å². The molecule has 0 saturated heterocycles. The van der Waals surface area contributed by atoms with E-state index in [2.05, 4.69) is 10.5 Å². The Hall–Kier alpha value is -2.37. The molecule has 1 aliphatic heterocycles. The predicted octanol–water partition coefficient (Wildman–Crippen LogP) is 3.07. The maximum atomic E-state index is 12.8. The van der Waals surface area contributed by atoms with Crippen molar-refractivity contribution in [2.24, 2.45) is 5.10 Å². The Balaban J connectivity index is 2.16. The van der Waals surface area contributed by atoms with E-state index in [4.69, 9.17) is 0 Å². The monoisotopic (exact) mass is 305 g/mol. The van der Waals surface area contributed by atoms with E-state index in [9.17, 15) is 14.3 Å². The van der Waals surface area contributed by atoms with Crippen LogP contribution in [0.25, 0.3) is 0 Å². The Kier molecular flexibility index (Phi) is 4.21. The van der Waals surface area contributed by atoms with Crippen LogP contribution in [0, 0.1) is 5.82 Å². The van der Waals surface area contributed by atoms with Gasteiger partial charge in [-0.15, -0.1) is 0 Å². The van der Waals surface area contributed by atoms with Crippen molar-refractivity contribution < 1.29 is 14.3 Å². The molecule has 0 spiro atoms. The zero-order valence-corrected chi connectivity index (χ0v) is 13.1. The SMILES string of the molecule is CC(=NNc1ccc(F)cc1)C1=C(O)CN(C(C)(C)C)C1=O. The molecule has 22 heavy (non-hydrogen) atoms. The zero-order chi connectivity index (χ0) is 16.5. The number of carbonyl (C=O) groups is 1. The molecule has 1 aromatic carbocycles. The Morgan fingerprint density at radius 2 is 1.91 bits per heavy atom. The van der Waals surface area contributed by atoms with Gasteiger partial charge in [-0.1, -0.05) is 0 Å². The largest absolute Gasteiger partial charge is 0.510 e. The van der Waals surface area contributed by atoms with E-state index < -0.39 is 0 Å². The van der Waals surface area contributed by atoms with Gasteiger partial charge in [0.15, 0.2) is 0 Å². The summed E-state index contributed by atoms with van der Waals surface area (Å²) in [6, 6.07) is 5.70. The number of hydrogen-bond donors (Lipinski definition) is 2. The summed E-state index contributed by atoms with van der Waals surface area (Å²) in [7, 11) is 0. The molecular formula is C16H20FN3O2. The number of anilines is 1. The molecule has 2 N–H and O–H groups in total. The van der Waals surface area contributed by atoms with E-state index in [0.717, 1.165) is 0 Å². The standard InChI is InChI=1S/C16H20FN3O2/c1-10(18-19-12-7-5-11(17)6-8-12)14-13(21)9-20(15(14)22)16(2,3)4/h5-8,19,21H,9H2,1-4H3. The number of hydrogen-bond acceptors (Lipinski definition) is 4. The highest BCUT2D eigenvalue weighted by Crippen LogP contribution is 2.26. The van der Waals surface area contributed by atoms with E-state index in [-0.39, 0.29) is 35.1 Å². The van der Waals surface area contributed by atoms with E-state index in [1.165, 1.54) is 24.3 Å². The molecule has 0 atom stereocenters. The minimum absolute atomic E-state index is 0.0158. The molecule has 0 radical (unpaired) electrons. The highest BCUT2D eigenvalue weighted by atomic mass is 19.1. The molecule has 2 rings (SSSR count). The van der Waals surface area contributed by atoms with Gasteiger partial charge >= 0.3 is 0 Å². The van der Waals surface area contributed by atoms with Gasteiger partial charge in [-0.3, -0.25) is 10.2 Å². The molecule has 0 unspecified atom stereocenters. The summed E-state index contributed by atoms with van der Waals surface area (Å²) in [4.78, 5) is 14.0. The second-order valence-electron chi connectivity index (χ2n) is 6.20. The van der Waals surface area contributed by atoms with Gasteiger partial charge in [0.2, 0.25) is 0 Å². The molecular weight excluding hydrogens is 285 g/mol. The number of rotatable bonds is 3. The fourth-order valence-electron chi connectivity index (χ4n) is 2.19. The van der Waals surface area contributed by atoms with Gasteiger partial charge in [0.05, 0.1) is 17.9 Å². The Morgan fingerprint density at radius 1 is 1.32 bits per heavy atom. The number of benzene rings is 1. The lowest BCUT2D eigenvalue weighted by Crippen LogP contribution is -2.43. The van der Waals surface area contributed by atoms with Crippen molar-refractivity contribution in [3.05, 3.63) is 41.4 Å². The topological polar surface area (TPSA) is 64.9 Å². The number of halogens is 1. The first-order valence-corrected chi connectivity index (χ1v) is 7.00. The van der Waals surface area contributed by atoms with Crippen molar-refractivity contribution in [2.75, 3.05) is 12.0 Å². The van der Waals surface area contributed by atoms with Gasteiger partial charge in [-0.05, 0) is 52.0 Å². The van der Waals surface area contributed by atoms with Crippen LogP contribution in [-0.2, 0) is 4.79 Å². The quantitative estimate of drug-likeness (QED) is 0.666. The zero-order valence-electron chi connectivity index (χ0n) is 13.1. The molecule has 0 fully saturated rings. The van der Waals surface area contributed by atoms with Crippen LogP contribution in [0.4, 0.5) is 10.1 Å². The first-order valence-electron chi connectivity index (χ1n) is 7.00. The Morgan fingerprint density at radius 3 is 2.41 bits per heavy atom. The highest BCUT2D eigenvalue weighted by molar-refractivity contribution is 6.22. The lowest BCUT2D eigenvalue weighted by molar-refractivity contribution is -0.129. The summed E-state index contributed by atoms with van der Waals surface area (Å²) < 4.78 is 12.8. The highest BCUT2D eigenvalue weighted by Gasteiger charge is 2.38. The van der Waals surface area contributed by atoms with Crippen molar-refractivity contribution in [3.8, 4) is 0 Å². The summed E-state index contributed by atoms with van der Waals surface area (Å²) in [5, 5.41) is 14.2. The minimum Gasteiger partial charge on any atom is -0.510 e. The van der Waals surface area contributed by atoms with Crippen LogP contribution in [0.3, 0.4) is 0 Å². The second kappa shape index (κ2) is 5.79. The number of aliphatic hydroxyl groups excluding tert-OH is 1. The maximum Gasteiger partial charge on any atom is 0.260 e. The van der Waals surface area contributed by atoms with Crippen LogP contribution in [0.1, 0.15) is 27.7 Å². The average Bonchev–Trinajstić information content (AvgIpc) is 2.73. The summed E-state index contributed by atoms with van der Waals surface area (Å²) in [5.74, 6) is -0.562. The van der Waals surface area contributed by atoms with Crippen LogP contribution < -0.4 is 5.43 Å². The van der Waals surface area contributed by atoms with Crippen molar-refractivity contribution in [1.29, 1.82) is 0 Å². The number of aliphatic hydroxyl groups is 1. The van der Waals surface area contributed by atoms with Crippen molar-refractivity contribution in [2.45, 2.75) is 33.2 Å². The predicted molar refractivity (Wildman–Crippen MR) is 84.3 cm³/mol. The molecule has 0 saturated carbocycles. The number of nitrogens with one attached hydrogen (secondary N) is 1. The van der Waals surface area contributed by atoms with Crippen molar-refractivity contribution in [3.63, 3.8) is 0 Å². The lowest BCUT2D eigenvalue weighted by atomic mass is 10.1. The molecule has 0 aromatic heterocycles. The number of carbonyl (C=O) groups excluding carboxylic acids is 1. The molecule has 1 aromatic rings. The summed E-state index contributed by atoms with van der Waals surface area (Å²) in [6.45, 7) is 7.55. The van der Waals surface area contributed by atoms with Crippen molar-refractivity contribution in [1.82, 2.24) is 4.90 Å². The van der Waals surface area contributed by atoms with Gasteiger partial charge in [-0.25, -0.2) is 4.39 Å². The number of hydrazone groups is 1. The van der Waals surface area contributed by atoms with Crippen LogP contribution in [0.5, 0.6) is 0 Å². The van der Waals surface area contributed by atoms with Crippen LogP contribution in [0.2, 0.25) is 0 Å². The Labute approximate surface area is 129 Å². The second-order valence-corrected chi connectivity index (χ2v) is 6.20.